The van der Waals surface area contributed by atoms with E-state index in [1.165, 1.54) is 4.90 Å². The summed E-state index contributed by atoms with van der Waals surface area (Å²) in [6, 6.07) is -0.757. The predicted octanol–water partition coefficient (Wildman–Crippen LogP) is 0.313. The third kappa shape index (κ3) is 4.47. The van der Waals surface area contributed by atoms with E-state index in [0.717, 1.165) is 12.8 Å². The van der Waals surface area contributed by atoms with Gasteiger partial charge in [0.1, 0.15) is 6.04 Å². The van der Waals surface area contributed by atoms with Crippen LogP contribution >= 0.6 is 0 Å². The van der Waals surface area contributed by atoms with Crippen molar-refractivity contribution < 1.29 is 19.4 Å². The summed E-state index contributed by atoms with van der Waals surface area (Å²) in [6.45, 7) is 4.76. The third-order valence-corrected chi connectivity index (χ3v) is 5.22. The fourth-order valence-corrected chi connectivity index (χ4v) is 3.68. The lowest BCUT2D eigenvalue weighted by molar-refractivity contribution is -0.152. The summed E-state index contributed by atoms with van der Waals surface area (Å²) >= 11 is 0. The van der Waals surface area contributed by atoms with Crippen LogP contribution in [0.3, 0.4) is 0 Å². The Morgan fingerprint density at radius 2 is 2.00 bits per heavy atom. The number of rotatable bonds is 5. The van der Waals surface area contributed by atoms with E-state index in [1.807, 2.05) is 4.90 Å². The van der Waals surface area contributed by atoms with Crippen LogP contribution in [0.4, 0.5) is 5.95 Å². The van der Waals surface area contributed by atoms with Crippen molar-refractivity contribution in [1.29, 1.82) is 0 Å². The van der Waals surface area contributed by atoms with E-state index in [2.05, 4.69) is 9.97 Å². The van der Waals surface area contributed by atoms with Gasteiger partial charge in [0, 0.05) is 37.3 Å². The zero-order valence-electron chi connectivity index (χ0n) is 15.6. The predicted molar refractivity (Wildman–Crippen MR) is 97.9 cm³/mol. The molecule has 1 atom stereocenters. The molecular formula is C18H26N4O5. The van der Waals surface area contributed by atoms with Crippen LogP contribution in [0, 0.1) is 6.92 Å². The number of likely N-dealkylation sites (tertiary alicyclic amines) is 1. The lowest BCUT2D eigenvalue weighted by Crippen LogP contribution is -2.48. The number of carboxylic acid groups (broad SMARTS) is 1. The van der Waals surface area contributed by atoms with Gasteiger partial charge in [-0.15, -0.1) is 0 Å². The fraction of sp³-hybridized carbons (Fsp3) is 0.667. The average Bonchev–Trinajstić information content (AvgIpc) is 2.67. The highest BCUT2D eigenvalue weighted by atomic mass is 16.5. The summed E-state index contributed by atoms with van der Waals surface area (Å²) in [7, 11) is 0. The molecule has 2 fully saturated rings. The number of amides is 1. The molecule has 2 aliphatic heterocycles. The summed E-state index contributed by atoms with van der Waals surface area (Å²) in [5.74, 6) is -0.662. The number of aliphatic carboxylic acids is 1. The molecule has 0 aromatic carbocycles. The van der Waals surface area contributed by atoms with Crippen molar-refractivity contribution in [3.63, 3.8) is 0 Å². The molecule has 3 heterocycles. The van der Waals surface area contributed by atoms with Crippen molar-refractivity contribution in [3.8, 4) is 0 Å². The lowest BCUT2D eigenvalue weighted by Gasteiger charge is -2.33. The van der Waals surface area contributed by atoms with Gasteiger partial charge in [-0.1, -0.05) is 0 Å². The highest BCUT2D eigenvalue weighted by molar-refractivity contribution is 5.84. The number of nitrogens with one attached hydrogen (secondary N) is 1. The van der Waals surface area contributed by atoms with Crippen molar-refractivity contribution >= 4 is 17.8 Å². The molecular weight excluding hydrogens is 352 g/mol. The largest absolute Gasteiger partial charge is 0.480 e. The first kappa shape index (κ1) is 19.3. The number of H-pyrrole nitrogens is 1. The Morgan fingerprint density at radius 1 is 1.26 bits per heavy atom. The normalized spacial score (nSPS) is 20.6. The lowest BCUT2D eigenvalue weighted by atomic mass is 10.0. The number of carbonyl (C=O) groups excluding carboxylic acids is 1. The minimum Gasteiger partial charge on any atom is -0.480 e. The maximum Gasteiger partial charge on any atom is 0.326 e. The van der Waals surface area contributed by atoms with Crippen LogP contribution in [0.2, 0.25) is 0 Å². The quantitative estimate of drug-likeness (QED) is 0.758. The van der Waals surface area contributed by atoms with Crippen LogP contribution in [-0.2, 0) is 20.7 Å². The molecule has 148 valence electrons. The Labute approximate surface area is 157 Å². The van der Waals surface area contributed by atoms with E-state index in [1.54, 1.807) is 6.92 Å². The smallest absolute Gasteiger partial charge is 0.326 e. The van der Waals surface area contributed by atoms with Gasteiger partial charge in [0.15, 0.2) is 0 Å². The maximum absolute atomic E-state index is 12.5. The topological polar surface area (TPSA) is 116 Å². The minimum absolute atomic E-state index is 0.103. The fourth-order valence-electron chi connectivity index (χ4n) is 3.68. The number of aryl methyl sites for hydroxylation is 1. The monoisotopic (exact) mass is 378 g/mol. The molecule has 3 rings (SSSR count). The molecule has 2 N–H and O–H groups in total. The number of carbonyl (C=O) groups is 2. The van der Waals surface area contributed by atoms with Gasteiger partial charge in [-0.2, -0.15) is 0 Å². The number of aromatic nitrogens is 2. The van der Waals surface area contributed by atoms with Crippen molar-refractivity contribution in [2.24, 2.45) is 0 Å². The van der Waals surface area contributed by atoms with E-state index >= 15 is 0 Å². The number of piperidine rings is 1. The molecule has 1 aromatic heterocycles. The van der Waals surface area contributed by atoms with Crippen molar-refractivity contribution in [1.82, 2.24) is 14.9 Å². The first-order valence-corrected chi connectivity index (χ1v) is 9.42. The molecule has 9 nitrogen and oxygen atoms in total. The number of aromatic amines is 1. The van der Waals surface area contributed by atoms with E-state index < -0.39 is 12.0 Å². The Bertz CT molecular complexity index is 757. The van der Waals surface area contributed by atoms with Crippen molar-refractivity contribution in [2.45, 2.75) is 45.1 Å². The number of hydrogen-bond donors (Lipinski definition) is 2. The molecule has 2 saturated heterocycles. The highest BCUT2D eigenvalue weighted by Gasteiger charge is 2.31. The molecule has 0 aliphatic carbocycles. The zero-order valence-corrected chi connectivity index (χ0v) is 15.6. The van der Waals surface area contributed by atoms with Crippen LogP contribution in [-0.4, -0.2) is 70.7 Å². The van der Waals surface area contributed by atoms with Crippen molar-refractivity contribution in [2.75, 3.05) is 37.7 Å². The second-order valence-corrected chi connectivity index (χ2v) is 6.99. The number of carboxylic acids is 1. The SMILES string of the molecule is Cc1nc(N2CCOCC2)[nH]c(=O)c1CCC(=O)N1CCCC[C@@H]1C(=O)O. The van der Waals surface area contributed by atoms with Gasteiger partial charge in [-0.05, 0) is 32.6 Å². The van der Waals surface area contributed by atoms with Gasteiger partial charge < -0.3 is 19.6 Å². The second kappa shape index (κ2) is 8.51. The van der Waals surface area contributed by atoms with Crippen LogP contribution in [0.5, 0.6) is 0 Å². The number of ether oxygens (including phenoxy) is 1. The number of morpholine rings is 1. The van der Waals surface area contributed by atoms with E-state index in [-0.39, 0.29) is 24.3 Å². The average molecular weight is 378 g/mol. The zero-order chi connectivity index (χ0) is 19.4. The first-order valence-electron chi connectivity index (χ1n) is 9.42. The third-order valence-electron chi connectivity index (χ3n) is 5.22. The molecule has 0 radical (unpaired) electrons. The molecule has 0 bridgehead atoms. The van der Waals surface area contributed by atoms with Gasteiger partial charge in [-0.3, -0.25) is 14.6 Å². The number of anilines is 1. The molecule has 0 spiro atoms. The van der Waals surface area contributed by atoms with Crippen LogP contribution in [0.15, 0.2) is 4.79 Å². The van der Waals surface area contributed by atoms with Gasteiger partial charge in [-0.25, -0.2) is 9.78 Å². The Hall–Kier alpha value is -2.42. The van der Waals surface area contributed by atoms with Crippen LogP contribution in [0.1, 0.15) is 36.9 Å². The van der Waals surface area contributed by atoms with Crippen molar-refractivity contribution in [3.05, 3.63) is 21.6 Å². The number of hydrogen-bond acceptors (Lipinski definition) is 6. The van der Waals surface area contributed by atoms with E-state index in [9.17, 15) is 19.5 Å². The summed E-state index contributed by atoms with van der Waals surface area (Å²) in [4.78, 5) is 47.1. The van der Waals surface area contributed by atoms with Gasteiger partial charge >= 0.3 is 5.97 Å². The molecule has 1 amide bonds. The Kier molecular flexibility index (Phi) is 6.10. The van der Waals surface area contributed by atoms with Gasteiger partial charge in [0.05, 0.1) is 13.2 Å². The minimum atomic E-state index is -0.964. The molecule has 27 heavy (non-hydrogen) atoms. The standard InChI is InChI=1S/C18H26N4O5/c1-12-13(16(24)20-18(19-12)21-8-10-27-11-9-21)5-6-15(23)22-7-3-2-4-14(22)17(25)26/h14H,2-11H2,1H3,(H,25,26)(H,19,20,24)/t14-/m1/s1. The summed E-state index contributed by atoms with van der Waals surface area (Å²) in [5, 5.41) is 9.31. The highest BCUT2D eigenvalue weighted by Crippen LogP contribution is 2.19. The first-order chi connectivity index (χ1) is 13.0. The summed E-state index contributed by atoms with van der Waals surface area (Å²) < 4.78 is 5.31. The Morgan fingerprint density at radius 3 is 2.67 bits per heavy atom. The molecule has 1 aromatic rings. The van der Waals surface area contributed by atoms with Crippen LogP contribution < -0.4 is 10.5 Å². The van der Waals surface area contributed by atoms with Gasteiger partial charge in [0.2, 0.25) is 11.9 Å². The maximum atomic E-state index is 12.5. The molecule has 2 aliphatic rings. The van der Waals surface area contributed by atoms with E-state index in [0.29, 0.717) is 56.5 Å². The van der Waals surface area contributed by atoms with E-state index in [4.69, 9.17) is 4.74 Å². The number of nitrogens with zero attached hydrogens (tertiary/aromatic N) is 3. The molecule has 0 saturated carbocycles. The Balaban J connectivity index is 1.67. The van der Waals surface area contributed by atoms with Crippen LogP contribution in [0.25, 0.3) is 0 Å². The summed E-state index contributed by atoms with van der Waals surface area (Å²) in [6.07, 6.45) is 2.46. The summed E-state index contributed by atoms with van der Waals surface area (Å²) in [5.41, 5.74) is 0.830. The second-order valence-electron chi connectivity index (χ2n) is 6.99. The molecule has 0 unspecified atom stereocenters. The van der Waals surface area contributed by atoms with Gasteiger partial charge in [0.25, 0.3) is 5.56 Å². The molecule has 9 heteroatoms.